The van der Waals surface area contributed by atoms with Gasteiger partial charge in [-0.05, 0) is 42.4 Å². The number of aliphatic hydroxyl groups is 1. The second-order valence-corrected chi connectivity index (χ2v) is 17.8. The predicted octanol–water partition coefficient (Wildman–Crippen LogP) is 3.29. The summed E-state index contributed by atoms with van der Waals surface area (Å²) in [6.45, 7) is 7.06. The maximum absolute atomic E-state index is 14.8. The van der Waals surface area contributed by atoms with Gasteiger partial charge >= 0.3 is 0 Å². The Labute approximate surface area is 291 Å². The molecule has 3 N–H and O–H groups in total. The molecule has 264 valence electrons. The number of nitro groups is 1. The van der Waals surface area contributed by atoms with Gasteiger partial charge in [0.05, 0.1) is 42.8 Å². The molecule has 0 radical (unpaired) electrons. The van der Waals surface area contributed by atoms with Crippen molar-refractivity contribution in [3.8, 4) is 0 Å². The number of amides is 3. The van der Waals surface area contributed by atoms with E-state index in [-0.39, 0.29) is 56.7 Å². The summed E-state index contributed by atoms with van der Waals surface area (Å²) in [6.07, 6.45) is -1.02. The number of carbonyl (C=O) groups is 3. The van der Waals surface area contributed by atoms with E-state index in [1.807, 2.05) is 61.5 Å². The molecule has 14 heteroatoms. The second-order valence-electron chi connectivity index (χ2n) is 13.8. The molecule has 0 unspecified atom stereocenters. The van der Waals surface area contributed by atoms with Crippen LogP contribution in [0.2, 0.25) is 18.6 Å². The number of anilines is 2. The van der Waals surface area contributed by atoms with Crippen molar-refractivity contribution < 1.29 is 33.9 Å². The van der Waals surface area contributed by atoms with Crippen LogP contribution < -0.4 is 15.1 Å². The van der Waals surface area contributed by atoms with E-state index in [0.29, 0.717) is 24.3 Å². The Bertz CT molecular complexity index is 1770. The average molecular weight is 702 g/mol. The highest BCUT2D eigenvalue weighted by Crippen LogP contribution is 2.60. The number of hydrogen-bond acceptors (Lipinski definition) is 9. The Balaban J connectivity index is 1.34. The highest BCUT2D eigenvalue weighted by molar-refractivity contribution is 6.71. The molecule has 3 aromatic carbocycles. The van der Waals surface area contributed by atoms with Crippen molar-refractivity contribution >= 4 is 43.1 Å². The van der Waals surface area contributed by atoms with Crippen molar-refractivity contribution in [2.24, 2.45) is 5.92 Å². The molecule has 1 spiro atoms. The fourth-order valence-electron chi connectivity index (χ4n) is 7.90. The first-order valence-electron chi connectivity index (χ1n) is 16.9. The monoisotopic (exact) mass is 701 g/mol. The van der Waals surface area contributed by atoms with Crippen LogP contribution in [0.3, 0.4) is 0 Å². The van der Waals surface area contributed by atoms with Crippen LogP contribution >= 0.6 is 0 Å². The molecule has 2 fully saturated rings. The third-order valence-corrected chi connectivity index (χ3v) is 12.7. The van der Waals surface area contributed by atoms with Gasteiger partial charge in [-0.25, -0.2) is 0 Å². The number of non-ortho nitro benzene ring substituents is 1. The highest BCUT2D eigenvalue weighted by Gasteiger charge is 2.66. The lowest BCUT2D eigenvalue weighted by molar-refractivity contribution is -0.385. The molecular formula is C36H43N5O8Si. The topological polar surface area (TPSA) is 166 Å². The molecule has 2 saturated heterocycles. The molecule has 3 aliphatic rings. The minimum atomic E-state index is -3.14. The largest absolute Gasteiger partial charge is 0.432 e. The number of nitrogens with one attached hydrogen (secondary N) is 1. The quantitative estimate of drug-likeness (QED) is 0.155. The summed E-state index contributed by atoms with van der Waals surface area (Å²) in [5, 5.41) is 24.8. The van der Waals surface area contributed by atoms with E-state index in [1.54, 1.807) is 29.0 Å². The molecule has 6 rings (SSSR count). The number of rotatable bonds is 11. The number of fused-ring (bicyclic) bond motifs is 2. The first-order valence-corrected chi connectivity index (χ1v) is 19.9. The number of nitro benzene ring substituents is 1. The van der Waals surface area contributed by atoms with E-state index in [1.165, 1.54) is 17.0 Å². The summed E-state index contributed by atoms with van der Waals surface area (Å²) in [5.74, 6) is -1.38. The Kier molecular flexibility index (Phi) is 9.92. The normalized spacial score (nSPS) is 23.4. The van der Waals surface area contributed by atoms with Gasteiger partial charge in [0, 0.05) is 61.0 Å². The van der Waals surface area contributed by atoms with Crippen molar-refractivity contribution in [1.82, 2.24) is 10.2 Å². The lowest BCUT2D eigenvalue weighted by atomic mass is 9.82. The molecule has 0 bridgehead atoms. The Morgan fingerprint density at radius 2 is 1.82 bits per heavy atom. The Morgan fingerprint density at radius 1 is 1.10 bits per heavy atom. The predicted molar refractivity (Wildman–Crippen MR) is 189 cm³/mol. The number of piperazine rings is 1. The third-order valence-electron chi connectivity index (χ3n) is 10.2. The van der Waals surface area contributed by atoms with Gasteiger partial charge in [-0.15, -0.1) is 0 Å². The van der Waals surface area contributed by atoms with Crippen LogP contribution in [0.5, 0.6) is 0 Å². The van der Waals surface area contributed by atoms with Crippen LogP contribution in [-0.4, -0.2) is 84.7 Å². The Hall–Kier alpha value is -4.47. The zero-order valence-corrected chi connectivity index (χ0v) is 29.4. The molecule has 13 nitrogen and oxygen atoms in total. The second kappa shape index (κ2) is 14.0. The average Bonchev–Trinajstić information content (AvgIpc) is 3.51. The van der Waals surface area contributed by atoms with Gasteiger partial charge in [-0.3, -0.25) is 24.5 Å². The van der Waals surface area contributed by atoms with Gasteiger partial charge in [-0.1, -0.05) is 49.4 Å². The van der Waals surface area contributed by atoms with E-state index < -0.39 is 42.3 Å². The first-order chi connectivity index (χ1) is 23.8. The van der Waals surface area contributed by atoms with Gasteiger partial charge < -0.3 is 34.7 Å². The number of hydrogen-bond donors (Lipinski definition) is 3. The van der Waals surface area contributed by atoms with Crippen molar-refractivity contribution in [2.75, 3.05) is 42.6 Å². The van der Waals surface area contributed by atoms with Crippen LogP contribution in [-0.2, 0) is 37.8 Å². The smallest absolute Gasteiger partial charge is 0.269 e. The number of nitrogens with zero attached hydrogens (tertiary/aromatic N) is 4. The van der Waals surface area contributed by atoms with E-state index in [2.05, 4.69) is 5.32 Å². The van der Waals surface area contributed by atoms with Crippen molar-refractivity contribution in [1.29, 1.82) is 0 Å². The van der Waals surface area contributed by atoms with Crippen LogP contribution in [0.25, 0.3) is 0 Å². The van der Waals surface area contributed by atoms with E-state index in [4.69, 9.17) is 4.74 Å². The van der Waals surface area contributed by atoms with Crippen molar-refractivity contribution in [2.45, 2.75) is 56.8 Å². The first kappa shape index (κ1) is 35.4. The van der Waals surface area contributed by atoms with Crippen LogP contribution in [0.1, 0.15) is 30.0 Å². The zero-order valence-electron chi connectivity index (χ0n) is 28.4. The minimum Gasteiger partial charge on any atom is -0.432 e. The van der Waals surface area contributed by atoms with Gasteiger partial charge in [0.2, 0.25) is 11.8 Å². The molecule has 0 aliphatic carbocycles. The summed E-state index contributed by atoms with van der Waals surface area (Å²) in [4.78, 5) is 69.0. The maximum atomic E-state index is 14.8. The SMILES string of the molecule is C[C@H]1[C@H]([Si](C)(C)O)[C@@H](CC(=O)N(CCO)Cc2ccccc2)O[C@]12C(=O)N(Cc1ccc(N3CCNCC3=O)cc1)c1ccc([N+](=O)[O-])cc12. The van der Waals surface area contributed by atoms with Crippen LogP contribution in [0.15, 0.2) is 72.8 Å². The number of ether oxygens (including phenoxy) is 1. The number of benzene rings is 3. The molecule has 3 amide bonds. The zero-order chi connectivity index (χ0) is 35.8. The standard InChI is InChI=1S/C36H43N5O8Si/c1-24-34(50(2,3)48)31(20-32(43)38(17-18-42)22-25-7-5-4-6-8-25)49-36(24)29-19-28(41(46)47)13-14-30(29)40(35(36)45)23-26-9-11-27(12-10-26)39-16-15-37-21-33(39)44/h4-14,19,24,31,34,37,42,48H,15-18,20-23H2,1-3H3/t24-,31+,34-,36+/m0/s1. The minimum absolute atomic E-state index is 0.0268. The summed E-state index contributed by atoms with van der Waals surface area (Å²) in [6, 6.07) is 21.1. The molecule has 50 heavy (non-hydrogen) atoms. The van der Waals surface area contributed by atoms with Gasteiger partial charge in [0.1, 0.15) is 0 Å². The lowest BCUT2D eigenvalue weighted by Crippen LogP contribution is -2.48. The number of aliphatic hydroxyl groups excluding tert-OH is 1. The fraction of sp³-hybridized carbons (Fsp3) is 0.417. The van der Waals surface area contributed by atoms with Crippen LogP contribution in [0, 0.1) is 16.0 Å². The molecule has 0 aromatic heterocycles. The highest BCUT2D eigenvalue weighted by atomic mass is 28.4. The Morgan fingerprint density at radius 3 is 2.46 bits per heavy atom. The van der Waals surface area contributed by atoms with Crippen molar-refractivity contribution in [3.63, 3.8) is 0 Å². The number of carbonyl (C=O) groups excluding carboxylic acids is 3. The van der Waals surface area contributed by atoms with Gasteiger partial charge in [0.15, 0.2) is 13.9 Å². The third kappa shape index (κ3) is 6.56. The van der Waals surface area contributed by atoms with E-state index >= 15 is 0 Å². The lowest BCUT2D eigenvalue weighted by Gasteiger charge is -2.32. The summed E-state index contributed by atoms with van der Waals surface area (Å²) in [5.41, 5.74) is 0.746. The van der Waals surface area contributed by atoms with E-state index in [9.17, 15) is 34.4 Å². The fourth-order valence-corrected chi connectivity index (χ4v) is 10.5. The van der Waals surface area contributed by atoms with Gasteiger partial charge in [-0.2, -0.15) is 0 Å². The molecule has 3 heterocycles. The molecule has 3 aliphatic heterocycles. The molecule has 4 atom stereocenters. The van der Waals surface area contributed by atoms with Crippen molar-refractivity contribution in [3.05, 3.63) is 99.6 Å². The summed E-state index contributed by atoms with van der Waals surface area (Å²) < 4.78 is 6.76. The summed E-state index contributed by atoms with van der Waals surface area (Å²) >= 11 is 0. The molecule has 0 saturated carbocycles. The van der Waals surface area contributed by atoms with Crippen LogP contribution in [0.4, 0.5) is 17.1 Å². The molecular weight excluding hydrogens is 659 g/mol. The summed E-state index contributed by atoms with van der Waals surface area (Å²) in [7, 11) is -3.14. The maximum Gasteiger partial charge on any atom is 0.269 e. The molecule has 3 aromatic rings. The van der Waals surface area contributed by atoms with E-state index in [0.717, 1.165) is 16.8 Å². The van der Waals surface area contributed by atoms with Gasteiger partial charge in [0.25, 0.3) is 11.6 Å².